The molecule has 4 heteroatoms. The minimum absolute atomic E-state index is 0.0200. The second kappa shape index (κ2) is 6.10. The SMILES string of the molecule is Cc1c(Br)cccc1C(=O)NCC(C)(C)c1cccs1. The van der Waals surface area contributed by atoms with Gasteiger partial charge in [0.2, 0.25) is 0 Å². The van der Waals surface area contributed by atoms with Crippen LogP contribution in [0.15, 0.2) is 40.2 Å². The molecule has 0 unspecified atom stereocenters. The number of nitrogens with one attached hydrogen (secondary N) is 1. The van der Waals surface area contributed by atoms with Gasteiger partial charge >= 0.3 is 0 Å². The summed E-state index contributed by atoms with van der Waals surface area (Å²) in [5.74, 6) is -0.0200. The molecule has 0 radical (unpaired) electrons. The molecule has 2 rings (SSSR count). The molecule has 0 aliphatic rings. The van der Waals surface area contributed by atoms with Crippen LogP contribution in [0.1, 0.15) is 34.6 Å². The van der Waals surface area contributed by atoms with Crippen LogP contribution in [0, 0.1) is 6.92 Å². The monoisotopic (exact) mass is 351 g/mol. The van der Waals surface area contributed by atoms with Crippen LogP contribution >= 0.6 is 27.3 Å². The zero-order valence-electron chi connectivity index (χ0n) is 11.9. The van der Waals surface area contributed by atoms with Crippen molar-refractivity contribution in [3.63, 3.8) is 0 Å². The van der Waals surface area contributed by atoms with Crippen molar-refractivity contribution in [1.29, 1.82) is 0 Å². The summed E-state index contributed by atoms with van der Waals surface area (Å²) in [6, 6.07) is 9.84. The van der Waals surface area contributed by atoms with Crippen molar-refractivity contribution in [2.75, 3.05) is 6.54 Å². The summed E-state index contributed by atoms with van der Waals surface area (Å²) in [4.78, 5) is 13.6. The van der Waals surface area contributed by atoms with E-state index in [-0.39, 0.29) is 11.3 Å². The van der Waals surface area contributed by atoms with Crippen LogP contribution in [0.2, 0.25) is 0 Å². The summed E-state index contributed by atoms with van der Waals surface area (Å²) in [7, 11) is 0. The number of halogens is 1. The predicted molar refractivity (Wildman–Crippen MR) is 88.6 cm³/mol. The highest BCUT2D eigenvalue weighted by atomic mass is 79.9. The van der Waals surface area contributed by atoms with Crippen LogP contribution in [0.25, 0.3) is 0 Å². The van der Waals surface area contributed by atoms with Crippen molar-refractivity contribution in [2.24, 2.45) is 0 Å². The Labute approximate surface area is 132 Å². The van der Waals surface area contributed by atoms with E-state index in [4.69, 9.17) is 0 Å². The van der Waals surface area contributed by atoms with Crippen molar-refractivity contribution in [3.8, 4) is 0 Å². The molecule has 106 valence electrons. The molecule has 1 amide bonds. The number of carbonyl (C=O) groups excluding carboxylic acids is 1. The number of hydrogen-bond acceptors (Lipinski definition) is 2. The van der Waals surface area contributed by atoms with Gasteiger partial charge in [-0.2, -0.15) is 0 Å². The Bertz CT molecular complexity index is 605. The molecule has 1 N–H and O–H groups in total. The van der Waals surface area contributed by atoms with Crippen molar-refractivity contribution in [3.05, 3.63) is 56.2 Å². The Balaban J connectivity index is 2.08. The lowest BCUT2D eigenvalue weighted by molar-refractivity contribution is 0.0945. The fourth-order valence-corrected chi connectivity index (χ4v) is 3.22. The Morgan fingerprint density at radius 3 is 2.70 bits per heavy atom. The molecule has 2 nitrogen and oxygen atoms in total. The van der Waals surface area contributed by atoms with E-state index in [0.29, 0.717) is 6.54 Å². The molecular formula is C16H18BrNOS. The van der Waals surface area contributed by atoms with Gasteiger partial charge in [0.1, 0.15) is 0 Å². The first-order chi connectivity index (χ1) is 9.42. The standard InChI is InChI=1S/C16H18BrNOS/c1-11-12(6-4-7-13(11)17)15(19)18-10-16(2,3)14-8-5-9-20-14/h4-9H,10H2,1-3H3,(H,18,19). The topological polar surface area (TPSA) is 29.1 Å². The van der Waals surface area contributed by atoms with Gasteiger partial charge in [0.15, 0.2) is 0 Å². The lowest BCUT2D eigenvalue weighted by atomic mass is 9.91. The van der Waals surface area contributed by atoms with Gasteiger partial charge in [0, 0.05) is 26.9 Å². The molecule has 0 aliphatic carbocycles. The Kier molecular flexibility index (Phi) is 4.66. The van der Waals surface area contributed by atoms with Gasteiger partial charge in [-0.25, -0.2) is 0 Å². The van der Waals surface area contributed by atoms with Gasteiger partial charge in [-0.15, -0.1) is 11.3 Å². The summed E-state index contributed by atoms with van der Waals surface area (Å²) in [6.07, 6.45) is 0. The fraction of sp³-hybridized carbons (Fsp3) is 0.312. The molecule has 1 aromatic carbocycles. The molecule has 0 saturated heterocycles. The number of carbonyl (C=O) groups is 1. The molecule has 0 aliphatic heterocycles. The molecule has 0 spiro atoms. The first-order valence-corrected chi connectivity index (χ1v) is 8.16. The summed E-state index contributed by atoms with van der Waals surface area (Å²) in [6.45, 7) is 6.86. The van der Waals surface area contributed by atoms with Crippen LogP contribution in [0.3, 0.4) is 0 Å². The highest BCUT2D eigenvalue weighted by Crippen LogP contribution is 2.27. The zero-order valence-corrected chi connectivity index (χ0v) is 14.3. The minimum Gasteiger partial charge on any atom is -0.351 e. The van der Waals surface area contributed by atoms with Crippen LogP contribution in [-0.4, -0.2) is 12.5 Å². The van der Waals surface area contributed by atoms with Crippen molar-refractivity contribution >= 4 is 33.2 Å². The van der Waals surface area contributed by atoms with Gasteiger partial charge in [-0.3, -0.25) is 4.79 Å². The first kappa shape index (κ1) is 15.3. The minimum atomic E-state index is -0.0518. The number of amides is 1. The van der Waals surface area contributed by atoms with Gasteiger partial charge in [0.25, 0.3) is 5.91 Å². The van der Waals surface area contributed by atoms with Crippen molar-refractivity contribution < 1.29 is 4.79 Å². The van der Waals surface area contributed by atoms with Crippen LogP contribution in [-0.2, 0) is 5.41 Å². The molecule has 1 heterocycles. The quantitative estimate of drug-likeness (QED) is 0.861. The maximum absolute atomic E-state index is 12.3. The summed E-state index contributed by atoms with van der Waals surface area (Å²) in [5, 5.41) is 5.11. The maximum Gasteiger partial charge on any atom is 0.251 e. The second-order valence-electron chi connectivity index (χ2n) is 5.46. The average molecular weight is 352 g/mol. The van der Waals surface area contributed by atoms with E-state index in [0.717, 1.165) is 15.6 Å². The van der Waals surface area contributed by atoms with Crippen LogP contribution in [0.5, 0.6) is 0 Å². The van der Waals surface area contributed by atoms with E-state index in [2.05, 4.69) is 46.5 Å². The van der Waals surface area contributed by atoms with Crippen LogP contribution < -0.4 is 5.32 Å². The largest absolute Gasteiger partial charge is 0.351 e. The Morgan fingerprint density at radius 1 is 1.30 bits per heavy atom. The summed E-state index contributed by atoms with van der Waals surface area (Å²) >= 11 is 5.18. The van der Waals surface area contributed by atoms with E-state index in [9.17, 15) is 4.79 Å². The Morgan fingerprint density at radius 2 is 2.05 bits per heavy atom. The molecule has 0 fully saturated rings. The van der Waals surface area contributed by atoms with Gasteiger partial charge in [0.05, 0.1) is 0 Å². The lowest BCUT2D eigenvalue weighted by Crippen LogP contribution is -2.36. The molecule has 20 heavy (non-hydrogen) atoms. The normalized spacial score (nSPS) is 11.4. The summed E-state index contributed by atoms with van der Waals surface area (Å²) in [5.41, 5.74) is 1.64. The van der Waals surface area contributed by atoms with E-state index in [1.54, 1.807) is 11.3 Å². The molecule has 1 aromatic heterocycles. The van der Waals surface area contributed by atoms with Gasteiger partial charge in [-0.1, -0.05) is 41.9 Å². The van der Waals surface area contributed by atoms with Gasteiger partial charge in [-0.05, 0) is 36.1 Å². The number of hydrogen-bond donors (Lipinski definition) is 1. The first-order valence-electron chi connectivity index (χ1n) is 6.49. The maximum atomic E-state index is 12.3. The smallest absolute Gasteiger partial charge is 0.251 e. The third-order valence-electron chi connectivity index (χ3n) is 3.39. The fourth-order valence-electron chi connectivity index (χ4n) is 2.00. The third kappa shape index (κ3) is 3.30. The number of thiophene rings is 1. The van der Waals surface area contributed by atoms with E-state index in [1.807, 2.05) is 31.2 Å². The summed E-state index contributed by atoms with van der Waals surface area (Å²) < 4.78 is 0.961. The average Bonchev–Trinajstić information content (AvgIpc) is 2.94. The highest BCUT2D eigenvalue weighted by molar-refractivity contribution is 9.10. The van der Waals surface area contributed by atoms with Crippen LogP contribution in [0.4, 0.5) is 0 Å². The van der Waals surface area contributed by atoms with Gasteiger partial charge < -0.3 is 5.32 Å². The molecule has 0 bridgehead atoms. The molecular weight excluding hydrogens is 334 g/mol. The van der Waals surface area contributed by atoms with Crippen molar-refractivity contribution in [2.45, 2.75) is 26.2 Å². The van der Waals surface area contributed by atoms with E-state index >= 15 is 0 Å². The number of benzene rings is 1. The second-order valence-corrected chi connectivity index (χ2v) is 7.26. The number of rotatable bonds is 4. The van der Waals surface area contributed by atoms with E-state index < -0.39 is 0 Å². The molecule has 0 atom stereocenters. The van der Waals surface area contributed by atoms with Crippen molar-refractivity contribution in [1.82, 2.24) is 5.32 Å². The van der Waals surface area contributed by atoms with E-state index in [1.165, 1.54) is 4.88 Å². The molecule has 0 saturated carbocycles. The Hall–Kier alpha value is -1.13. The zero-order chi connectivity index (χ0) is 14.8. The predicted octanol–water partition coefficient (Wildman–Crippen LogP) is 4.53. The molecule has 2 aromatic rings. The lowest BCUT2D eigenvalue weighted by Gasteiger charge is -2.24. The highest BCUT2D eigenvalue weighted by Gasteiger charge is 2.23. The third-order valence-corrected chi connectivity index (χ3v) is 5.49.